The first-order chi connectivity index (χ1) is 16.5. The van der Waals surface area contributed by atoms with Gasteiger partial charge in [0.2, 0.25) is 0 Å². The van der Waals surface area contributed by atoms with Crippen molar-refractivity contribution >= 4 is 11.6 Å². The van der Waals surface area contributed by atoms with E-state index in [4.69, 9.17) is 4.42 Å². The molecule has 5 rings (SSSR count). The maximum absolute atomic E-state index is 13.6. The Hall–Kier alpha value is -3.67. The van der Waals surface area contributed by atoms with Gasteiger partial charge in [-0.2, -0.15) is 0 Å². The minimum absolute atomic E-state index is 0.233. The number of aromatic nitrogens is 2. The van der Waals surface area contributed by atoms with Crippen LogP contribution in [0.2, 0.25) is 0 Å². The van der Waals surface area contributed by atoms with Gasteiger partial charge in [0.1, 0.15) is 11.5 Å². The van der Waals surface area contributed by atoms with Gasteiger partial charge in [0.15, 0.2) is 11.5 Å². The van der Waals surface area contributed by atoms with E-state index in [1.807, 2.05) is 44.4 Å². The van der Waals surface area contributed by atoms with Crippen molar-refractivity contribution in [3.63, 3.8) is 0 Å². The summed E-state index contributed by atoms with van der Waals surface area (Å²) in [5.41, 5.74) is 5.25. The second kappa shape index (κ2) is 9.29. The van der Waals surface area contributed by atoms with Crippen molar-refractivity contribution in [2.75, 3.05) is 5.32 Å². The number of halogens is 1. The molecule has 1 N–H and O–H groups in total. The molecule has 1 aliphatic rings. The first kappa shape index (κ1) is 22.1. The third-order valence-electron chi connectivity index (χ3n) is 6.57. The zero-order chi connectivity index (χ0) is 23.7. The molecule has 174 valence electrons. The molecule has 1 aliphatic carbocycles. The first-order valence-corrected chi connectivity index (χ1v) is 11.8. The molecule has 6 heteroatoms. The molecule has 34 heavy (non-hydrogen) atoms. The Morgan fingerprint density at radius 1 is 1.03 bits per heavy atom. The lowest BCUT2D eigenvalue weighted by Crippen LogP contribution is -2.13. The number of anilines is 1. The molecule has 1 amide bonds. The standard InChI is InChI=1S/C28H28FN3O2/c1-18-8-13-23(19(2)16-18)31-28(33)25-15-14-24(34-25)27-26(20-9-11-21(29)12-10-20)30-17-32(27)22-6-4-3-5-7-22/h8-17,22H,3-7H2,1-2H3,(H,31,33). The van der Waals surface area contributed by atoms with Crippen LogP contribution < -0.4 is 5.32 Å². The second-order valence-electron chi connectivity index (χ2n) is 9.08. The Kier molecular flexibility index (Phi) is 6.05. The van der Waals surface area contributed by atoms with E-state index in [1.54, 1.807) is 18.2 Å². The van der Waals surface area contributed by atoms with E-state index >= 15 is 0 Å². The third kappa shape index (κ3) is 4.40. The van der Waals surface area contributed by atoms with E-state index in [-0.39, 0.29) is 17.5 Å². The SMILES string of the molecule is Cc1ccc(NC(=O)c2ccc(-c3c(-c4ccc(F)cc4)ncn3C3CCCCC3)o2)c(C)c1. The number of nitrogens with zero attached hydrogens (tertiary/aromatic N) is 2. The molecule has 0 saturated heterocycles. The number of carbonyl (C=O) groups is 1. The lowest BCUT2D eigenvalue weighted by Gasteiger charge is -2.24. The van der Waals surface area contributed by atoms with Crippen molar-refractivity contribution < 1.29 is 13.6 Å². The molecule has 0 atom stereocenters. The maximum atomic E-state index is 13.6. The normalized spacial score (nSPS) is 14.3. The van der Waals surface area contributed by atoms with Gasteiger partial charge in [-0.05, 0) is 74.7 Å². The van der Waals surface area contributed by atoms with Gasteiger partial charge in [-0.1, -0.05) is 37.0 Å². The Morgan fingerprint density at radius 3 is 2.53 bits per heavy atom. The molecule has 5 nitrogen and oxygen atoms in total. The number of hydrogen-bond donors (Lipinski definition) is 1. The highest BCUT2D eigenvalue weighted by molar-refractivity contribution is 6.03. The fourth-order valence-corrected chi connectivity index (χ4v) is 4.79. The quantitative estimate of drug-likeness (QED) is 0.341. The summed E-state index contributed by atoms with van der Waals surface area (Å²) in [5.74, 6) is 0.218. The minimum atomic E-state index is -0.301. The molecule has 0 unspecified atom stereocenters. The van der Waals surface area contributed by atoms with E-state index < -0.39 is 0 Å². The van der Waals surface area contributed by atoms with E-state index in [2.05, 4.69) is 14.9 Å². The Bertz CT molecular complexity index is 1310. The lowest BCUT2D eigenvalue weighted by atomic mass is 9.95. The molecule has 0 aliphatic heterocycles. The number of amides is 1. The Morgan fingerprint density at radius 2 is 1.79 bits per heavy atom. The highest BCUT2D eigenvalue weighted by Gasteiger charge is 2.25. The van der Waals surface area contributed by atoms with E-state index in [9.17, 15) is 9.18 Å². The third-order valence-corrected chi connectivity index (χ3v) is 6.57. The van der Waals surface area contributed by atoms with Crippen molar-refractivity contribution in [1.82, 2.24) is 9.55 Å². The average Bonchev–Trinajstić information content (AvgIpc) is 3.49. The number of aryl methyl sites for hydroxylation is 2. The number of hydrogen-bond acceptors (Lipinski definition) is 3. The molecule has 1 fully saturated rings. The fraction of sp³-hybridized carbons (Fsp3) is 0.286. The summed E-state index contributed by atoms with van der Waals surface area (Å²) < 4.78 is 21.8. The van der Waals surface area contributed by atoms with Gasteiger partial charge < -0.3 is 14.3 Å². The summed E-state index contributed by atoms with van der Waals surface area (Å²) in [7, 11) is 0. The Labute approximate surface area is 198 Å². The van der Waals surface area contributed by atoms with Crippen molar-refractivity contribution in [1.29, 1.82) is 0 Å². The van der Waals surface area contributed by atoms with Crippen LogP contribution in [0.3, 0.4) is 0 Å². The second-order valence-corrected chi connectivity index (χ2v) is 9.08. The highest BCUT2D eigenvalue weighted by atomic mass is 19.1. The van der Waals surface area contributed by atoms with Gasteiger partial charge in [-0.3, -0.25) is 4.79 Å². The van der Waals surface area contributed by atoms with Crippen molar-refractivity contribution in [2.45, 2.75) is 52.0 Å². The van der Waals surface area contributed by atoms with Crippen molar-refractivity contribution in [2.24, 2.45) is 0 Å². The molecule has 1 saturated carbocycles. The van der Waals surface area contributed by atoms with Crippen LogP contribution in [0.15, 0.2) is 65.3 Å². The van der Waals surface area contributed by atoms with Crippen LogP contribution in [-0.2, 0) is 0 Å². The van der Waals surface area contributed by atoms with E-state index in [0.717, 1.165) is 46.6 Å². The summed E-state index contributed by atoms with van der Waals surface area (Å²) in [5, 5.41) is 2.95. The summed E-state index contributed by atoms with van der Waals surface area (Å²) in [4.78, 5) is 17.6. The maximum Gasteiger partial charge on any atom is 0.291 e. The summed E-state index contributed by atoms with van der Waals surface area (Å²) in [6, 6.07) is 16.1. The van der Waals surface area contributed by atoms with E-state index in [1.165, 1.54) is 31.4 Å². The summed E-state index contributed by atoms with van der Waals surface area (Å²) in [6.07, 6.45) is 7.60. The van der Waals surface area contributed by atoms with Gasteiger partial charge in [0, 0.05) is 17.3 Å². The molecule has 2 aromatic carbocycles. The average molecular weight is 458 g/mol. The van der Waals surface area contributed by atoms with Gasteiger partial charge in [0.25, 0.3) is 5.91 Å². The molecular weight excluding hydrogens is 429 g/mol. The summed E-state index contributed by atoms with van der Waals surface area (Å²) >= 11 is 0. The number of benzene rings is 2. The van der Waals surface area contributed by atoms with Crippen molar-refractivity contribution in [3.8, 4) is 22.7 Å². The number of nitrogens with one attached hydrogen (secondary N) is 1. The fourth-order valence-electron chi connectivity index (χ4n) is 4.79. The van der Waals surface area contributed by atoms with Gasteiger partial charge in [-0.25, -0.2) is 9.37 Å². The zero-order valence-corrected chi connectivity index (χ0v) is 19.5. The number of imidazole rings is 1. The van der Waals surface area contributed by atoms with Crippen LogP contribution in [0.1, 0.15) is 59.8 Å². The molecule has 0 spiro atoms. The zero-order valence-electron chi connectivity index (χ0n) is 19.5. The van der Waals surface area contributed by atoms with Crippen LogP contribution in [0.5, 0.6) is 0 Å². The molecular formula is C28H28FN3O2. The predicted molar refractivity (Wildman–Crippen MR) is 131 cm³/mol. The highest BCUT2D eigenvalue weighted by Crippen LogP contribution is 2.38. The molecule has 2 aromatic heterocycles. The van der Waals surface area contributed by atoms with Gasteiger partial charge in [-0.15, -0.1) is 0 Å². The number of furan rings is 1. The largest absolute Gasteiger partial charge is 0.449 e. The monoisotopic (exact) mass is 457 g/mol. The smallest absolute Gasteiger partial charge is 0.291 e. The summed E-state index contributed by atoms with van der Waals surface area (Å²) in [6.45, 7) is 3.99. The first-order valence-electron chi connectivity index (χ1n) is 11.8. The van der Waals surface area contributed by atoms with Crippen LogP contribution in [0, 0.1) is 19.7 Å². The van der Waals surface area contributed by atoms with Crippen LogP contribution in [0.25, 0.3) is 22.7 Å². The Balaban J connectivity index is 1.50. The van der Waals surface area contributed by atoms with Gasteiger partial charge >= 0.3 is 0 Å². The van der Waals surface area contributed by atoms with Crippen LogP contribution >= 0.6 is 0 Å². The van der Waals surface area contributed by atoms with Crippen LogP contribution in [-0.4, -0.2) is 15.5 Å². The molecule has 4 aromatic rings. The predicted octanol–water partition coefficient (Wildman–Crippen LogP) is 7.32. The minimum Gasteiger partial charge on any atom is -0.449 e. The molecule has 0 radical (unpaired) electrons. The van der Waals surface area contributed by atoms with Crippen molar-refractivity contribution in [3.05, 3.63) is 83.6 Å². The topological polar surface area (TPSA) is 60.1 Å². The van der Waals surface area contributed by atoms with Gasteiger partial charge in [0.05, 0.1) is 12.0 Å². The lowest BCUT2D eigenvalue weighted by molar-refractivity contribution is 0.0997. The number of carbonyl (C=O) groups excluding carboxylic acids is 1. The molecule has 0 bridgehead atoms. The number of rotatable bonds is 5. The van der Waals surface area contributed by atoms with E-state index in [0.29, 0.717) is 11.8 Å². The molecule has 2 heterocycles. The van der Waals surface area contributed by atoms with Crippen LogP contribution in [0.4, 0.5) is 10.1 Å².